The summed E-state index contributed by atoms with van der Waals surface area (Å²) in [4.78, 5) is 23.2. The van der Waals surface area contributed by atoms with Crippen molar-refractivity contribution in [3.8, 4) is 0 Å². The number of carbonyl (C=O) groups excluding carboxylic acids is 1. The molecule has 1 aliphatic rings. The molecule has 1 unspecified atom stereocenters. The van der Waals surface area contributed by atoms with E-state index in [9.17, 15) is 14.7 Å². The van der Waals surface area contributed by atoms with Gasteiger partial charge in [-0.25, -0.2) is 9.59 Å². The Labute approximate surface area is 137 Å². The zero-order valence-corrected chi connectivity index (χ0v) is 13.4. The lowest BCUT2D eigenvalue weighted by atomic mass is 9.92. The average Bonchev–Trinajstić information content (AvgIpc) is 2.82. The fourth-order valence-electron chi connectivity index (χ4n) is 3.06. The normalized spacial score (nSPS) is 17.0. The van der Waals surface area contributed by atoms with Crippen LogP contribution in [0.2, 0.25) is 0 Å². The molecule has 23 heavy (non-hydrogen) atoms. The second-order valence-electron chi connectivity index (χ2n) is 6.19. The maximum atomic E-state index is 11.8. The molecule has 0 aliphatic heterocycles. The van der Waals surface area contributed by atoms with Gasteiger partial charge in [-0.2, -0.15) is 0 Å². The van der Waals surface area contributed by atoms with E-state index in [1.165, 1.54) is 12.8 Å². The van der Waals surface area contributed by atoms with Gasteiger partial charge in [-0.05, 0) is 17.9 Å². The number of amides is 1. The lowest BCUT2D eigenvalue weighted by Crippen LogP contribution is -2.42. The Morgan fingerprint density at radius 1 is 1.13 bits per heavy atom. The standard InChI is InChI=1S/C18H25NO4/c20-17(21)16(12-14-8-4-1-2-5-9-14)19-18(22)23-13-15-10-6-3-7-11-15/h3,6-7,10-11,14,16H,1-2,4-5,8-9,12-13H2,(H,19,22)(H,20,21). The summed E-state index contributed by atoms with van der Waals surface area (Å²) in [6, 6.07) is 8.45. The first-order valence-corrected chi connectivity index (χ1v) is 8.35. The Balaban J connectivity index is 1.80. The van der Waals surface area contributed by atoms with Crippen LogP contribution in [-0.2, 0) is 16.1 Å². The van der Waals surface area contributed by atoms with Gasteiger partial charge in [-0.15, -0.1) is 0 Å². The number of carboxylic acid groups (broad SMARTS) is 1. The van der Waals surface area contributed by atoms with Crippen LogP contribution in [0.25, 0.3) is 0 Å². The molecule has 1 atom stereocenters. The average molecular weight is 319 g/mol. The maximum absolute atomic E-state index is 11.8. The summed E-state index contributed by atoms with van der Waals surface area (Å²) in [5.74, 6) is -0.626. The summed E-state index contributed by atoms with van der Waals surface area (Å²) < 4.78 is 5.11. The van der Waals surface area contributed by atoms with Crippen molar-refractivity contribution in [2.45, 2.75) is 57.6 Å². The molecule has 0 saturated heterocycles. The van der Waals surface area contributed by atoms with Crippen LogP contribution < -0.4 is 5.32 Å². The van der Waals surface area contributed by atoms with Gasteiger partial charge in [0.05, 0.1) is 0 Å². The van der Waals surface area contributed by atoms with Gasteiger partial charge in [0.1, 0.15) is 12.6 Å². The minimum atomic E-state index is -0.995. The summed E-state index contributed by atoms with van der Waals surface area (Å²) in [7, 11) is 0. The first kappa shape index (κ1) is 17.3. The molecule has 5 nitrogen and oxygen atoms in total. The van der Waals surface area contributed by atoms with E-state index in [4.69, 9.17) is 4.74 Å². The van der Waals surface area contributed by atoms with Crippen molar-refractivity contribution in [2.75, 3.05) is 0 Å². The number of nitrogens with one attached hydrogen (secondary N) is 1. The number of hydrogen-bond acceptors (Lipinski definition) is 3. The third-order valence-corrected chi connectivity index (χ3v) is 4.35. The fourth-order valence-corrected chi connectivity index (χ4v) is 3.06. The van der Waals surface area contributed by atoms with E-state index in [0.717, 1.165) is 31.2 Å². The van der Waals surface area contributed by atoms with Crippen LogP contribution in [0.3, 0.4) is 0 Å². The molecule has 2 rings (SSSR count). The Kier molecular flexibility index (Phi) is 6.91. The summed E-state index contributed by atoms with van der Waals surface area (Å²) in [5, 5.41) is 11.8. The first-order valence-electron chi connectivity index (χ1n) is 8.35. The van der Waals surface area contributed by atoms with Crippen molar-refractivity contribution in [3.63, 3.8) is 0 Å². The number of rotatable bonds is 6. The molecule has 0 aromatic heterocycles. The van der Waals surface area contributed by atoms with Crippen molar-refractivity contribution >= 4 is 12.1 Å². The van der Waals surface area contributed by atoms with Crippen LogP contribution >= 0.6 is 0 Å². The number of hydrogen-bond donors (Lipinski definition) is 2. The molecule has 0 spiro atoms. The molecule has 1 aromatic rings. The van der Waals surface area contributed by atoms with Crippen molar-refractivity contribution in [3.05, 3.63) is 35.9 Å². The zero-order valence-electron chi connectivity index (χ0n) is 13.4. The van der Waals surface area contributed by atoms with Crippen LogP contribution in [0.1, 0.15) is 50.5 Å². The Hall–Kier alpha value is -2.04. The highest BCUT2D eigenvalue weighted by Gasteiger charge is 2.25. The fraction of sp³-hybridized carbons (Fsp3) is 0.556. The minimum absolute atomic E-state index is 0.141. The summed E-state index contributed by atoms with van der Waals surface area (Å²) in [5.41, 5.74) is 0.873. The number of carboxylic acids is 1. The summed E-state index contributed by atoms with van der Waals surface area (Å²) in [6.07, 6.45) is 6.65. The van der Waals surface area contributed by atoms with E-state index in [-0.39, 0.29) is 6.61 Å². The number of benzene rings is 1. The van der Waals surface area contributed by atoms with Crippen LogP contribution in [0, 0.1) is 5.92 Å². The molecule has 1 aromatic carbocycles. The number of carbonyl (C=O) groups is 2. The van der Waals surface area contributed by atoms with Gasteiger partial charge < -0.3 is 15.2 Å². The van der Waals surface area contributed by atoms with Crippen LogP contribution in [0.5, 0.6) is 0 Å². The molecule has 2 N–H and O–H groups in total. The third kappa shape index (κ3) is 6.30. The minimum Gasteiger partial charge on any atom is -0.480 e. The van der Waals surface area contributed by atoms with Gasteiger partial charge in [-0.1, -0.05) is 68.9 Å². The molecule has 126 valence electrons. The van der Waals surface area contributed by atoms with E-state index in [1.807, 2.05) is 30.3 Å². The highest BCUT2D eigenvalue weighted by Crippen LogP contribution is 2.26. The van der Waals surface area contributed by atoms with Crippen LogP contribution in [0.4, 0.5) is 4.79 Å². The molecular weight excluding hydrogens is 294 g/mol. The Bertz CT molecular complexity index is 495. The zero-order chi connectivity index (χ0) is 16.5. The molecular formula is C18H25NO4. The molecule has 1 amide bonds. The first-order chi connectivity index (χ1) is 11.1. The molecule has 0 heterocycles. The second kappa shape index (κ2) is 9.18. The largest absolute Gasteiger partial charge is 0.480 e. The molecule has 1 fully saturated rings. The molecule has 1 saturated carbocycles. The number of alkyl carbamates (subject to hydrolysis) is 1. The third-order valence-electron chi connectivity index (χ3n) is 4.35. The topological polar surface area (TPSA) is 75.6 Å². The molecule has 0 radical (unpaired) electrons. The predicted molar refractivity (Wildman–Crippen MR) is 87.0 cm³/mol. The lowest BCUT2D eigenvalue weighted by molar-refractivity contribution is -0.139. The van der Waals surface area contributed by atoms with E-state index in [0.29, 0.717) is 12.3 Å². The monoisotopic (exact) mass is 319 g/mol. The number of aliphatic carboxylic acids is 1. The van der Waals surface area contributed by atoms with E-state index in [1.54, 1.807) is 0 Å². The quantitative estimate of drug-likeness (QED) is 0.783. The van der Waals surface area contributed by atoms with Crippen LogP contribution in [-0.4, -0.2) is 23.2 Å². The smallest absolute Gasteiger partial charge is 0.408 e. The van der Waals surface area contributed by atoms with Crippen molar-refractivity contribution in [2.24, 2.45) is 5.92 Å². The van der Waals surface area contributed by atoms with Gasteiger partial charge in [0.25, 0.3) is 0 Å². The van der Waals surface area contributed by atoms with Crippen molar-refractivity contribution < 1.29 is 19.4 Å². The summed E-state index contributed by atoms with van der Waals surface area (Å²) in [6.45, 7) is 0.141. The molecule has 1 aliphatic carbocycles. The molecule has 5 heteroatoms. The van der Waals surface area contributed by atoms with Crippen molar-refractivity contribution in [1.29, 1.82) is 0 Å². The van der Waals surface area contributed by atoms with Gasteiger partial charge in [0, 0.05) is 0 Å². The van der Waals surface area contributed by atoms with E-state index in [2.05, 4.69) is 5.32 Å². The van der Waals surface area contributed by atoms with Gasteiger partial charge in [0.2, 0.25) is 0 Å². The predicted octanol–water partition coefficient (Wildman–Crippen LogP) is 3.73. The Morgan fingerprint density at radius 3 is 2.39 bits per heavy atom. The van der Waals surface area contributed by atoms with Crippen molar-refractivity contribution in [1.82, 2.24) is 5.32 Å². The van der Waals surface area contributed by atoms with Gasteiger partial charge in [-0.3, -0.25) is 0 Å². The number of ether oxygens (including phenoxy) is 1. The van der Waals surface area contributed by atoms with Gasteiger partial charge in [0.15, 0.2) is 0 Å². The lowest BCUT2D eigenvalue weighted by Gasteiger charge is -2.20. The molecule has 0 bridgehead atoms. The maximum Gasteiger partial charge on any atom is 0.408 e. The van der Waals surface area contributed by atoms with Gasteiger partial charge >= 0.3 is 12.1 Å². The highest BCUT2D eigenvalue weighted by atomic mass is 16.5. The Morgan fingerprint density at radius 2 is 1.78 bits per heavy atom. The highest BCUT2D eigenvalue weighted by molar-refractivity contribution is 5.79. The SMILES string of the molecule is O=C(NC(CC1CCCCCC1)C(=O)O)OCc1ccccc1. The summed E-state index contributed by atoms with van der Waals surface area (Å²) >= 11 is 0. The second-order valence-corrected chi connectivity index (χ2v) is 6.19. The van der Waals surface area contributed by atoms with Crippen LogP contribution in [0.15, 0.2) is 30.3 Å². The van der Waals surface area contributed by atoms with E-state index < -0.39 is 18.1 Å². The van der Waals surface area contributed by atoms with E-state index >= 15 is 0 Å².